The Hall–Kier alpha value is -1.69. The fraction of sp³-hybridized carbons (Fsp3) is 0.300. The van der Waals surface area contributed by atoms with Gasteiger partial charge >= 0.3 is 0 Å². The van der Waals surface area contributed by atoms with Crippen LogP contribution in [0.15, 0.2) is 23.7 Å². The Balaban J connectivity index is 2.05. The minimum absolute atomic E-state index is 0.0456. The third-order valence-electron chi connectivity index (χ3n) is 2.25. The number of amides is 1. The quantitative estimate of drug-likeness (QED) is 0.849. The smallest absolute Gasteiger partial charge is 0.273 e. The van der Waals surface area contributed by atoms with Crippen molar-refractivity contribution in [3.63, 3.8) is 0 Å². The highest BCUT2D eigenvalue weighted by molar-refractivity contribution is 7.10. The molecule has 6 heteroatoms. The maximum atomic E-state index is 11.7. The van der Waals surface area contributed by atoms with Crippen LogP contribution in [0.25, 0.3) is 0 Å². The lowest BCUT2D eigenvalue weighted by Crippen LogP contribution is -2.27. The van der Waals surface area contributed by atoms with Crippen molar-refractivity contribution in [1.82, 2.24) is 20.7 Å². The van der Waals surface area contributed by atoms with Gasteiger partial charge in [0, 0.05) is 4.88 Å². The second-order valence-corrected chi connectivity index (χ2v) is 4.28. The van der Waals surface area contributed by atoms with Gasteiger partial charge in [0.15, 0.2) is 5.69 Å². The molecule has 1 atom stereocenters. The van der Waals surface area contributed by atoms with Gasteiger partial charge in [0.25, 0.3) is 5.91 Å². The molecule has 0 fully saturated rings. The molecule has 0 aliphatic carbocycles. The van der Waals surface area contributed by atoms with Crippen molar-refractivity contribution >= 4 is 17.2 Å². The van der Waals surface area contributed by atoms with Gasteiger partial charge in [0.1, 0.15) is 0 Å². The monoisotopic (exact) mass is 236 g/mol. The van der Waals surface area contributed by atoms with Crippen LogP contribution in [0.2, 0.25) is 0 Å². The molecular weight excluding hydrogens is 224 g/mol. The number of H-pyrrole nitrogens is 1. The summed E-state index contributed by atoms with van der Waals surface area (Å²) in [5, 5.41) is 14.7. The highest BCUT2D eigenvalue weighted by Crippen LogP contribution is 2.21. The summed E-state index contributed by atoms with van der Waals surface area (Å²) in [5.41, 5.74) is 0.315. The van der Waals surface area contributed by atoms with Crippen LogP contribution in [-0.4, -0.2) is 21.3 Å². The van der Waals surface area contributed by atoms with Crippen molar-refractivity contribution in [2.24, 2.45) is 0 Å². The van der Waals surface area contributed by atoms with Crippen LogP contribution >= 0.6 is 11.3 Å². The number of carbonyl (C=O) groups is 1. The number of aromatic amines is 1. The largest absolute Gasteiger partial charge is 0.343 e. The number of aromatic nitrogens is 3. The average Bonchev–Trinajstić information content (AvgIpc) is 2.96. The summed E-state index contributed by atoms with van der Waals surface area (Å²) in [6.07, 6.45) is 2.26. The predicted molar refractivity (Wildman–Crippen MR) is 61.2 cm³/mol. The van der Waals surface area contributed by atoms with Crippen molar-refractivity contribution in [3.8, 4) is 0 Å². The Labute approximate surface area is 96.9 Å². The fourth-order valence-corrected chi connectivity index (χ4v) is 2.27. The molecular formula is C10H12N4OS. The van der Waals surface area contributed by atoms with E-state index in [1.165, 1.54) is 6.20 Å². The first kappa shape index (κ1) is 10.8. The van der Waals surface area contributed by atoms with Gasteiger partial charge in [-0.3, -0.25) is 4.79 Å². The maximum Gasteiger partial charge on any atom is 0.273 e. The van der Waals surface area contributed by atoms with Crippen LogP contribution in [0.5, 0.6) is 0 Å². The molecule has 2 heterocycles. The van der Waals surface area contributed by atoms with Crippen LogP contribution in [0, 0.1) is 0 Å². The first-order chi connectivity index (χ1) is 7.81. The van der Waals surface area contributed by atoms with Gasteiger partial charge in [-0.1, -0.05) is 13.0 Å². The molecule has 2 N–H and O–H groups in total. The minimum atomic E-state index is -0.200. The number of nitrogens with one attached hydrogen (secondary N) is 2. The van der Waals surface area contributed by atoms with Crippen molar-refractivity contribution in [2.45, 2.75) is 19.4 Å². The Kier molecular flexibility index (Phi) is 3.31. The molecule has 84 valence electrons. The summed E-state index contributed by atoms with van der Waals surface area (Å²) in [4.78, 5) is 12.9. The van der Waals surface area contributed by atoms with Gasteiger partial charge in [-0.05, 0) is 17.9 Å². The summed E-state index contributed by atoms with van der Waals surface area (Å²) in [5.74, 6) is -0.200. The van der Waals surface area contributed by atoms with Crippen molar-refractivity contribution in [3.05, 3.63) is 34.3 Å². The zero-order chi connectivity index (χ0) is 11.4. The zero-order valence-corrected chi connectivity index (χ0v) is 9.62. The molecule has 0 radical (unpaired) electrons. The number of nitrogens with zero attached hydrogens (tertiary/aromatic N) is 2. The van der Waals surface area contributed by atoms with Crippen LogP contribution in [0.1, 0.15) is 34.8 Å². The van der Waals surface area contributed by atoms with Gasteiger partial charge in [-0.25, -0.2) is 0 Å². The second kappa shape index (κ2) is 4.89. The van der Waals surface area contributed by atoms with E-state index in [-0.39, 0.29) is 11.9 Å². The molecule has 2 rings (SSSR count). The fourth-order valence-electron chi connectivity index (χ4n) is 1.41. The maximum absolute atomic E-state index is 11.7. The van der Waals surface area contributed by atoms with E-state index in [1.54, 1.807) is 11.3 Å². The molecule has 1 amide bonds. The summed E-state index contributed by atoms with van der Waals surface area (Å²) in [7, 11) is 0. The number of hydrogen-bond acceptors (Lipinski definition) is 4. The summed E-state index contributed by atoms with van der Waals surface area (Å²) >= 11 is 1.64. The van der Waals surface area contributed by atoms with Gasteiger partial charge in [0.2, 0.25) is 0 Å². The molecule has 0 bridgehead atoms. The summed E-state index contributed by atoms with van der Waals surface area (Å²) in [6.45, 7) is 2.04. The van der Waals surface area contributed by atoms with Crippen molar-refractivity contribution in [2.75, 3.05) is 0 Å². The Morgan fingerprint density at radius 3 is 3.12 bits per heavy atom. The van der Waals surface area contributed by atoms with E-state index in [2.05, 4.69) is 20.7 Å². The molecule has 2 aromatic heterocycles. The number of rotatable bonds is 4. The van der Waals surface area contributed by atoms with E-state index in [9.17, 15) is 4.79 Å². The lowest BCUT2D eigenvalue weighted by atomic mass is 10.2. The van der Waals surface area contributed by atoms with Gasteiger partial charge in [-0.15, -0.1) is 11.3 Å². The second-order valence-electron chi connectivity index (χ2n) is 3.30. The molecule has 0 saturated carbocycles. The van der Waals surface area contributed by atoms with E-state index in [0.717, 1.165) is 11.3 Å². The van der Waals surface area contributed by atoms with Crippen LogP contribution < -0.4 is 5.32 Å². The number of hydrogen-bond donors (Lipinski definition) is 2. The Bertz CT molecular complexity index is 437. The van der Waals surface area contributed by atoms with Crippen LogP contribution in [0.4, 0.5) is 0 Å². The van der Waals surface area contributed by atoms with Crippen LogP contribution in [0.3, 0.4) is 0 Å². The topological polar surface area (TPSA) is 70.7 Å². The first-order valence-corrected chi connectivity index (χ1v) is 5.89. The SMILES string of the molecule is CC[C@@H](NC(=O)c1cn[nH]n1)c1cccs1. The highest BCUT2D eigenvalue weighted by atomic mass is 32.1. The molecule has 5 nitrogen and oxygen atoms in total. The molecule has 0 spiro atoms. The molecule has 16 heavy (non-hydrogen) atoms. The minimum Gasteiger partial charge on any atom is -0.343 e. The number of thiophene rings is 1. The highest BCUT2D eigenvalue weighted by Gasteiger charge is 2.16. The molecule has 0 aromatic carbocycles. The normalized spacial score (nSPS) is 12.3. The van der Waals surface area contributed by atoms with Gasteiger partial charge in [0.05, 0.1) is 12.2 Å². The number of carbonyl (C=O) groups excluding carboxylic acids is 1. The summed E-state index contributed by atoms with van der Waals surface area (Å²) < 4.78 is 0. The zero-order valence-electron chi connectivity index (χ0n) is 8.80. The first-order valence-electron chi connectivity index (χ1n) is 5.01. The van der Waals surface area contributed by atoms with Crippen molar-refractivity contribution < 1.29 is 4.79 Å². The molecule has 0 aliphatic heterocycles. The Morgan fingerprint density at radius 2 is 2.56 bits per heavy atom. The van der Waals surface area contributed by atoms with E-state index < -0.39 is 0 Å². The standard InChI is InChI=1S/C10H12N4OS/c1-2-7(9-4-3-5-16-9)12-10(15)8-6-11-14-13-8/h3-7H,2H2,1H3,(H,12,15)(H,11,13,14)/t7-/m1/s1. The molecule has 0 unspecified atom stereocenters. The van der Waals surface area contributed by atoms with Gasteiger partial charge < -0.3 is 5.32 Å². The Morgan fingerprint density at radius 1 is 1.69 bits per heavy atom. The van der Waals surface area contributed by atoms with E-state index >= 15 is 0 Å². The lowest BCUT2D eigenvalue weighted by Gasteiger charge is -2.14. The van der Waals surface area contributed by atoms with Crippen LogP contribution in [-0.2, 0) is 0 Å². The van der Waals surface area contributed by atoms with E-state index in [1.807, 2.05) is 24.4 Å². The lowest BCUT2D eigenvalue weighted by molar-refractivity contribution is 0.0931. The molecule has 0 saturated heterocycles. The van der Waals surface area contributed by atoms with E-state index in [4.69, 9.17) is 0 Å². The summed E-state index contributed by atoms with van der Waals surface area (Å²) in [6, 6.07) is 4.04. The van der Waals surface area contributed by atoms with Gasteiger partial charge in [-0.2, -0.15) is 15.4 Å². The molecule has 2 aromatic rings. The third kappa shape index (κ3) is 2.27. The van der Waals surface area contributed by atoms with E-state index in [0.29, 0.717) is 5.69 Å². The third-order valence-corrected chi connectivity index (χ3v) is 3.23. The average molecular weight is 236 g/mol. The predicted octanol–water partition coefficient (Wildman–Crippen LogP) is 1.75. The molecule has 0 aliphatic rings. The van der Waals surface area contributed by atoms with Crippen molar-refractivity contribution in [1.29, 1.82) is 0 Å².